The maximum atomic E-state index is 12.9. The second-order valence-corrected chi connectivity index (χ2v) is 10.3. The monoisotopic (exact) mass is 511 g/mol. The lowest BCUT2D eigenvalue weighted by Gasteiger charge is -2.04. The topological polar surface area (TPSA) is 96.9 Å². The first-order chi connectivity index (χ1) is 17.5. The van der Waals surface area contributed by atoms with Crippen LogP contribution in [0.1, 0.15) is 30.7 Å². The van der Waals surface area contributed by atoms with Crippen LogP contribution in [-0.4, -0.2) is 26.8 Å². The molecule has 2 aromatic carbocycles. The Kier molecular flexibility index (Phi) is 6.66. The number of benzene rings is 2. The van der Waals surface area contributed by atoms with Crippen molar-refractivity contribution < 1.29 is 9.59 Å². The fourth-order valence-electron chi connectivity index (χ4n) is 3.64. The van der Waals surface area contributed by atoms with E-state index in [1.807, 2.05) is 74.5 Å². The molecular formula is C27H21N5O2S2. The number of amides is 2. The summed E-state index contributed by atoms with van der Waals surface area (Å²) in [7, 11) is 0. The second-order valence-electron chi connectivity index (χ2n) is 7.90. The van der Waals surface area contributed by atoms with Crippen LogP contribution in [0.25, 0.3) is 22.5 Å². The van der Waals surface area contributed by atoms with E-state index < -0.39 is 11.8 Å². The highest BCUT2D eigenvalue weighted by atomic mass is 32.1. The third-order valence-electron chi connectivity index (χ3n) is 5.34. The van der Waals surface area contributed by atoms with Gasteiger partial charge in [0.25, 0.3) is 11.8 Å². The molecule has 0 fully saturated rings. The molecule has 5 aromatic rings. The number of thiazole rings is 2. The van der Waals surface area contributed by atoms with E-state index in [1.165, 1.54) is 22.7 Å². The molecule has 3 aromatic heterocycles. The summed E-state index contributed by atoms with van der Waals surface area (Å²) in [5.74, 6) is -0.871. The van der Waals surface area contributed by atoms with Crippen molar-refractivity contribution in [3.8, 4) is 22.5 Å². The Bertz CT molecular complexity index is 1430. The average molecular weight is 512 g/mol. The van der Waals surface area contributed by atoms with Gasteiger partial charge in [-0.1, -0.05) is 66.7 Å². The van der Waals surface area contributed by atoms with Crippen molar-refractivity contribution in [3.63, 3.8) is 0 Å². The smallest absolute Gasteiger partial charge is 0.276 e. The SMILES string of the molecule is Cc1sc(NC(=O)c2cccc(C(=O)Nc3nc(-c4ccccc4)c(C)s3)n2)nc1-c1ccccc1. The third kappa shape index (κ3) is 5.07. The third-order valence-corrected chi connectivity index (χ3v) is 7.12. The fourth-order valence-corrected chi connectivity index (χ4v) is 5.30. The van der Waals surface area contributed by atoms with Gasteiger partial charge in [-0.15, -0.1) is 22.7 Å². The van der Waals surface area contributed by atoms with E-state index in [9.17, 15) is 9.59 Å². The number of carbonyl (C=O) groups is 2. The fraction of sp³-hybridized carbons (Fsp3) is 0.0741. The summed E-state index contributed by atoms with van der Waals surface area (Å²) < 4.78 is 0. The Morgan fingerprint density at radius 3 is 1.42 bits per heavy atom. The van der Waals surface area contributed by atoms with Gasteiger partial charge in [-0.3, -0.25) is 20.2 Å². The molecule has 0 saturated heterocycles. The van der Waals surface area contributed by atoms with Gasteiger partial charge in [-0.25, -0.2) is 15.0 Å². The highest BCUT2D eigenvalue weighted by Crippen LogP contribution is 2.31. The van der Waals surface area contributed by atoms with Crippen molar-refractivity contribution in [1.82, 2.24) is 15.0 Å². The number of nitrogens with one attached hydrogen (secondary N) is 2. The summed E-state index contributed by atoms with van der Waals surface area (Å²) >= 11 is 2.78. The standard InChI is InChI=1S/C27H21N5O2S2/c1-16-22(18-10-5-3-6-11-18)29-26(35-16)31-24(33)20-14-9-15-21(28-20)25(34)32-27-30-23(17(2)36-27)19-12-7-4-8-13-19/h3-15H,1-2H3,(H,29,31,33)(H,30,32,34). The molecule has 178 valence electrons. The zero-order chi connectivity index (χ0) is 25.1. The van der Waals surface area contributed by atoms with E-state index in [0.29, 0.717) is 10.3 Å². The van der Waals surface area contributed by atoms with E-state index in [1.54, 1.807) is 18.2 Å². The average Bonchev–Trinajstić information content (AvgIpc) is 3.46. The Morgan fingerprint density at radius 1 is 0.583 bits per heavy atom. The van der Waals surface area contributed by atoms with Gasteiger partial charge in [0.2, 0.25) is 0 Å². The molecule has 7 nitrogen and oxygen atoms in total. The highest BCUT2D eigenvalue weighted by molar-refractivity contribution is 7.16. The van der Waals surface area contributed by atoms with E-state index in [-0.39, 0.29) is 11.4 Å². The second kappa shape index (κ2) is 10.2. The minimum Gasteiger partial charge on any atom is -0.296 e. The Balaban J connectivity index is 1.30. The van der Waals surface area contributed by atoms with Gasteiger partial charge < -0.3 is 0 Å². The van der Waals surface area contributed by atoms with Crippen LogP contribution in [0, 0.1) is 13.8 Å². The molecule has 9 heteroatoms. The molecule has 0 bridgehead atoms. The van der Waals surface area contributed by atoms with Crippen LogP contribution in [0.2, 0.25) is 0 Å². The summed E-state index contributed by atoms with van der Waals surface area (Å²) in [6, 6.07) is 24.3. The largest absolute Gasteiger partial charge is 0.296 e. The molecule has 3 heterocycles. The zero-order valence-corrected chi connectivity index (χ0v) is 21.1. The van der Waals surface area contributed by atoms with Crippen LogP contribution in [-0.2, 0) is 0 Å². The quantitative estimate of drug-likeness (QED) is 0.273. The first-order valence-electron chi connectivity index (χ1n) is 11.1. The maximum absolute atomic E-state index is 12.9. The van der Waals surface area contributed by atoms with Crippen molar-refractivity contribution in [3.05, 3.63) is 100 Å². The molecule has 0 saturated carbocycles. The lowest BCUT2D eigenvalue weighted by atomic mass is 10.1. The number of hydrogen-bond donors (Lipinski definition) is 2. The van der Waals surface area contributed by atoms with Crippen LogP contribution in [0.15, 0.2) is 78.9 Å². The lowest BCUT2D eigenvalue weighted by Crippen LogP contribution is -2.18. The van der Waals surface area contributed by atoms with Crippen LogP contribution in [0.4, 0.5) is 10.3 Å². The van der Waals surface area contributed by atoms with Gasteiger partial charge >= 0.3 is 0 Å². The number of hydrogen-bond acceptors (Lipinski definition) is 7. The number of aryl methyl sites for hydroxylation is 2. The minimum absolute atomic E-state index is 0.122. The van der Waals surface area contributed by atoms with Gasteiger partial charge in [0, 0.05) is 20.9 Å². The molecule has 36 heavy (non-hydrogen) atoms. The molecule has 0 atom stereocenters. The first kappa shape index (κ1) is 23.5. The summed E-state index contributed by atoms with van der Waals surface area (Å²) in [5, 5.41) is 6.54. The number of aromatic nitrogens is 3. The van der Waals surface area contributed by atoms with E-state index in [4.69, 9.17) is 0 Å². The number of anilines is 2. The summed E-state index contributed by atoms with van der Waals surface area (Å²) in [4.78, 5) is 41.1. The van der Waals surface area contributed by atoms with Crippen LogP contribution in [0.3, 0.4) is 0 Å². The molecule has 2 N–H and O–H groups in total. The lowest BCUT2D eigenvalue weighted by molar-refractivity contribution is 0.101. The van der Waals surface area contributed by atoms with E-state index in [0.717, 1.165) is 32.3 Å². The summed E-state index contributed by atoms with van der Waals surface area (Å²) in [6.07, 6.45) is 0. The Labute approximate surface area is 215 Å². The Morgan fingerprint density at radius 2 is 1.00 bits per heavy atom. The molecule has 0 radical (unpaired) electrons. The predicted molar refractivity (Wildman–Crippen MR) is 145 cm³/mol. The van der Waals surface area contributed by atoms with Crippen LogP contribution < -0.4 is 10.6 Å². The summed E-state index contributed by atoms with van der Waals surface area (Å²) in [6.45, 7) is 3.92. The van der Waals surface area contributed by atoms with Crippen molar-refractivity contribution in [2.45, 2.75) is 13.8 Å². The number of rotatable bonds is 6. The molecule has 0 aliphatic carbocycles. The van der Waals surface area contributed by atoms with Gasteiger partial charge in [0.1, 0.15) is 11.4 Å². The molecular weight excluding hydrogens is 490 g/mol. The van der Waals surface area contributed by atoms with E-state index >= 15 is 0 Å². The number of pyridine rings is 1. The van der Waals surface area contributed by atoms with Crippen molar-refractivity contribution >= 4 is 44.8 Å². The van der Waals surface area contributed by atoms with Gasteiger partial charge in [-0.05, 0) is 26.0 Å². The van der Waals surface area contributed by atoms with Gasteiger partial charge in [-0.2, -0.15) is 0 Å². The van der Waals surface area contributed by atoms with Crippen molar-refractivity contribution in [2.24, 2.45) is 0 Å². The normalized spacial score (nSPS) is 10.7. The Hall–Kier alpha value is -4.21. The molecule has 0 spiro atoms. The molecule has 0 unspecified atom stereocenters. The zero-order valence-electron chi connectivity index (χ0n) is 19.5. The highest BCUT2D eigenvalue weighted by Gasteiger charge is 2.17. The molecule has 5 rings (SSSR count). The number of carbonyl (C=O) groups excluding carboxylic acids is 2. The first-order valence-corrected chi connectivity index (χ1v) is 12.8. The van der Waals surface area contributed by atoms with Gasteiger partial charge in [0.15, 0.2) is 10.3 Å². The van der Waals surface area contributed by atoms with Crippen molar-refractivity contribution in [1.29, 1.82) is 0 Å². The van der Waals surface area contributed by atoms with Crippen molar-refractivity contribution in [2.75, 3.05) is 10.6 Å². The molecule has 2 amide bonds. The summed E-state index contributed by atoms with van der Waals surface area (Å²) in [5.41, 5.74) is 3.86. The molecule has 0 aliphatic heterocycles. The van der Waals surface area contributed by atoms with Crippen LogP contribution >= 0.6 is 22.7 Å². The molecule has 0 aliphatic rings. The van der Waals surface area contributed by atoms with Gasteiger partial charge in [0.05, 0.1) is 11.4 Å². The number of nitrogens with zero attached hydrogens (tertiary/aromatic N) is 3. The van der Waals surface area contributed by atoms with Crippen LogP contribution in [0.5, 0.6) is 0 Å². The van der Waals surface area contributed by atoms with E-state index in [2.05, 4.69) is 25.6 Å². The maximum Gasteiger partial charge on any atom is 0.276 e. The minimum atomic E-state index is -0.436. The predicted octanol–water partition coefficient (Wildman–Crippen LogP) is 6.45.